The molecule has 1 heterocycles. The van der Waals surface area contributed by atoms with E-state index >= 15 is 0 Å². The van der Waals surface area contributed by atoms with Crippen LogP contribution in [0, 0.1) is 23.7 Å². The van der Waals surface area contributed by atoms with Crippen molar-refractivity contribution in [3.8, 4) is 33.4 Å². The Hall–Kier alpha value is -5.44. The first kappa shape index (κ1) is 31.9. The molecule has 0 aliphatic heterocycles. The van der Waals surface area contributed by atoms with Gasteiger partial charge in [-0.2, -0.15) is 0 Å². The Kier molecular flexibility index (Phi) is 7.12. The van der Waals surface area contributed by atoms with Crippen molar-refractivity contribution in [3.63, 3.8) is 0 Å². The number of hydrogen-bond acceptors (Lipinski definition) is 2. The Morgan fingerprint density at radius 1 is 0.491 bits per heavy atom. The molecule has 5 atom stereocenters. The largest absolute Gasteiger partial charge is 0.309 e. The van der Waals surface area contributed by atoms with Gasteiger partial charge in [0, 0.05) is 42.4 Å². The number of anilines is 3. The Morgan fingerprint density at radius 2 is 1.22 bits per heavy atom. The highest BCUT2D eigenvalue weighted by atomic mass is 32.1. The zero-order chi connectivity index (χ0) is 36.1. The van der Waals surface area contributed by atoms with Crippen molar-refractivity contribution >= 4 is 48.6 Å². The van der Waals surface area contributed by atoms with E-state index in [1.54, 1.807) is 11.1 Å². The van der Waals surface area contributed by atoms with Gasteiger partial charge in [0.15, 0.2) is 0 Å². The lowest BCUT2D eigenvalue weighted by atomic mass is 9.47. The van der Waals surface area contributed by atoms with Crippen LogP contribution >= 0.6 is 11.3 Å². The molecule has 12 rings (SSSR count). The maximum atomic E-state index is 2.58. The quantitative estimate of drug-likeness (QED) is 0.171. The lowest BCUT2D eigenvalue weighted by Crippen LogP contribution is -2.50. The third kappa shape index (κ3) is 4.77. The van der Waals surface area contributed by atoms with Crippen LogP contribution in [0.1, 0.15) is 49.7 Å². The molecule has 0 saturated heterocycles. The molecule has 3 bridgehead atoms. The molecule has 5 unspecified atom stereocenters. The highest BCUT2D eigenvalue weighted by Gasteiger charge is 2.57. The molecule has 1 spiro atoms. The number of fused-ring (bicyclic) bond motifs is 11. The van der Waals surface area contributed by atoms with Crippen molar-refractivity contribution in [2.24, 2.45) is 23.7 Å². The Morgan fingerprint density at radius 3 is 2.13 bits per heavy atom. The van der Waals surface area contributed by atoms with Crippen molar-refractivity contribution in [1.29, 1.82) is 0 Å². The summed E-state index contributed by atoms with van der Waals surface area (Å²) in [5, 5.41) is 2.68. The van der Waals surface area contributed by atoms with E-state index in [2.05, 4.69) is 169 Å². The maximum absolute atomic E-state index is 2.58. The first-order valence-corrected chi connectivity index (χ1v) is 21.2. The number of para-hydroxylation sites is 1. The van der Waals surface area contributed by atoms with Gasteiger partial charge in [-0.05, 0) is 132 Å². The van der Waals surface area contributed by atoms with Gasteiger partial charge in [-0.3, -0.25) is 0 Å². The average molecular weight is 726 g/mol. The standard InChI is InChI=1S/C53H43NS/c1-2-11-36(12-3-1)42-13-5-8-18-48(42)54(41-26-23-35(24-27-41)37-25-28-51-45(32-37)43-14-6-9-20-50(43)55-51)49-19-10-17-47-52(49)44-15-4-7-16-46(44)53(47)33-38-22-21-34-29-39(38)31-40(53)30-34/h1-20,23-28,32,34,38-40H,21-22,29-31,33H2. The second kappa shape index (κ2) is 12.3. The minimum Gasteiger partial charge on any atom is -0.309 e. The van der Waals surface area contributed by atoms with Gasteiger partial charge in [0.2, 0.25) is 0 Å². The fraction of sp³-hybridized carbons (Fsp3) is 0.208. The smallest absolute Gasteiger partial charge is 0.0543 e. The van der Waals surface area contributed by atoms with Crippen LogP contribution in [0.4, 0.5) is 17.1 Å². The molecule has 3 fully saturated rings. The molecule has 0 radical (unpaired) electrons. The SMILES string of the molecule is c1ccc(-c2ccccc2N(c2ccc(-c3ccc4sc5ccccc5c4c3)cc2)c2cccc3c2-c2ccccc2C32CC3CCC4CC3CC2C4)cc1. The summed E-state index contributed by atoms with van der Waals surface area (Å²) in [5.74, 6) is 3.38. The topological polar surface area (TPSA) is 3.24 Å². The van der Waals surface area contributed by atoms with Gasteiger partial charge in [-0.25, -0.2) is 0 Å². The summed E-state index contributed by atoms with van der Waals surface area (Å²) in [4.78, 5) is 2.58. The van der Waals surface area contributed by atoms with E-state index < -0.39 is 0 Å². The molecule has 55 heavy (non-hydrogen) atoms. The summed E-state index contributed by atoms with van der Waals surface area (Å²) >= 11 is 1.88. The van der Waals surface area contributed by atoms with Crippen LogP contribution in [0.25, 0.3) is 53.6 Å². The number of hydrogen-bond donors (Lipinski definition) is 0. The molecule has 1 aromatic heterocycles. The van der Waals surface area contributed by atoms with Crippen molar-refractivity contribution in [2.75, 3.05) is 4.90 Å². The van der Waals surface area contributed by atoms with Crippen molar-refractivity contribution in [2.45, 2.75) is 43.9 Å². The third-order valence-corrected chi connectivity index (χ3v) is 15.4. The molecule has 266 valence electrons. The Balaban J connectivity index is 1.05. The molecular weight excluding hydrogens is 683 g/mol. The second-order valence-corrected chi connectivity index (χ2v) is 17.9. The summed E-state index contributed by atoms with van der Waals surface area (Å²) in [6.45, 7) is 0. The average Bonchev–Trinajstić information content (AvgIpc) is 3.76. The summed E-state index contributed by atoms with van der Waals surface area (Å²) in [6.07, 6.45) is 8.43. The van der Waals surface area contributed by atoms with E-state index in [9.17, 15) is 0 Å². The van der Waals surface area contributed by atoms with Crippen LogP contribution in [-0.2, 0) is 5.41 Å². The number of rotatable bonds is 5. The van der Waals surface area contributed by atoms with Crippen LogP contribution in [0.2, 0.25) is 0 Å². The number of thiophene rings is 1. The van der Waals surface area contributed by atoms with E-state index in [1.165, 1.54) is 109 Å². The van der Waals surface area contributed by atoms with E-state index in [4.69, 9.17) is 0 Å². The van der Waals surface area contributed by atoms with Gasteiger partial charge in [-0.1, -0.05) is 128 Å². The van der Waals surface area contributed by atoms with Gasteiger partial charge in [0.25, 0.3) is 0 Å². The third-order valence-electron chi connectivity index (χ3n) is 14.2. The molecule has 4 aliphatic rings. The first-order valence-electron chi connectivity index (χ1n) is 20.4. The van der Waals surface area contributed by atoms with Gasteiger partial charge in [0.1, 0.15) is 0 Å². The summed E-state index contributed by atoms with van der Waals surface area (Å²) in [5.41, 5.74) is 14.8. The number of benzene rings is 7. The van der Waals surface area contributed by atoms with Crippen LogP contribution in [0.5, 0.6) is 0 Å². The molecule has 8 aromatic rings. The van der Waals surface area contributed by atoms with Crippen molar-refractivity contribution in [3.05, 3.63) is 175 Å². The second-order valence-electron chi connectivity index (χ2n) is 16.9. The number of nitrogens with zero attached hydrogens (tertiary/aromatic N) is 1. The maximum Gasteiger partial charge on any atom is 0.0543 e. The molecular formula is C53H43NS. The van der Waals surface area contributed by atoms with Crippen LogP contribution < -0.4 is 4.90 Å². The van der Waals surface area contributed by atoms with Gasteiger partial charge < -0.3 is 4.90 Å². The van der Waals surface area contributed by atoms with Crippen LogP contribution in [0.3, 0.4) is 0 Å². The predicted molar refractivity (Wildman–Crippen MR) is 233 cm³/mol. The minimum absolute atomic E-state index is 0.0984. The van der Waals surface area contributed by atoms with Gasteiger partial charge in [0.05, 0.1) is 11.4 Å². The molecule has 4 aliphatic carbocycles. The van der Waals surface area contributed by atoms with E-state index in [0.717, 1.165) is 17.8 Å². The summed E-state index contributed by atoms with van der Waals surface area (Å²) in [6, 6.07) is 62.0. The molecule has 0 amide bonds. The van der Waals surface area contributed by atoms with E-state index in [-0.39, 0.29) is 5.41 Å². The Bertz CT molecular complexity index is 2760. The summed E-state index contributed by atoms with van der Waals surface area (Å²) < 4.78 is 2.69. The molecule has 0 N–H and O–H groups in total. The van der Waals surface area contributed by atoms with Crippen LogP contribution in [-0.4, -0.2) is 0 Å². The summed E-state index contributed by atoms with van der Waals surface area (Å²) in [7, 11) is 0. The minimum atomic E-state index is 0.0984. The molecule has 7 aromatic carbocycles. The molecule has 1 nitrogen and oxygen atoms in total. The fourth-order valence-electron chi connectivity index (χ4n) is 12.0. The monoisotopic (exact) mass is 725 g/mol. The highest BCUT2D eigenvalue weighted by molar-refractivity contribution is 7.25. The molecule has 2 heteroatoms. The van der Waals surface area contributed by atoms with Gasteiger partial charge >= 0.3 is 0 Å². The highest BCUT2D eigenvalue weighted by Crippen LogP contribution is 2.67. The zero-order valence-corrected chi connectivity index (χ0v) is 31.8. The van der Waals surface area contributed by atoms with E-state index in [0.29, 0.717) is 5.92 Å². The molecule has 3 saturated carbocycles. The Labute approximate surface area is 327 Å². The van der Waals surface area contributed by atoms with Crippen molar-refractivity contribution in [1.82, 2.24) is 0 Å². The van der Waals surface area contributed by atoms with Crippen molar-refractivity contribution < 1.29 is 0 Å². The fourth-order valence-corrected chi connectivity index (χ4v) is 13.1. The zero-order valence-electron chi connectivity index (χ0n) is 31.0. The lowest BCUT2D eigenvalue weighted by molar-refractivity contribution is -0.0103. The first-order chi connectivity index (χ1) is 27.2. The van der Waals surface area contributed by atoms with E-state index in [1.807, 2.05) is 11.3 Å². The predicted octanol–water partition coefficient (Wildman–Crippen LogP) is 15.0. The van der Waals surface area contributed by atoms with Gasteiger partial charge in [-0.15, -0.1) is 11.3 Å². The lowest BCUT2D eigenvalue weighted by Gasteiger charge is -2.57. The van der Waals surface area contributed by atoms with Crippen LogP contribution in [0.15, 0.2) is 164 Å². The normalized spacial score (nSPS) is 23.3.